The molecule has 0 aliphatic carbocycles. The van der Waals surface area contributed by atoms with Gasteiger partial charge in [-0.05, 0) is 72.5 Å². The van der Waals surface area contributed by atoms with Crippen LogP contribution in [0.5, 0.6) is 11.5 Å². The van der Waals surface area contributed by atoms with Gasteiger partial charge in [-0.2, -0.15) is 0 Å². The van der Waals surface area contributed by atoms with Crippen molar-refractivity contribution in [2.24, 2.45) is 4.99 Å². The quantitative estimate of drug-likeness (QED) is 0.142. The Labute approximate surface area is 216 Å². The van der Waals surface area contributed by atoms with E-state index in [9.17, 15) is 20.3 Å². The van der Waals surface area contributed by atoms with Gasteiger partial charge in [-0.3, -0.25) is 15.1 Å². The smallest absolute Gasteiger partial charge is 0.311 e. The van der Waals surface area contributed by atoms with Crippen molar-refractivity contribution in [1.82, 2.24) is 4.98 Å². The number of nitro benzene ring substituents is 1. The molecule has 0 fully saturated rings. The van der Waals surface area contributed by atoms with Crippen LogP contribution in [0, 0.1) is 17.0 Å². The number of oxazole rings is 1. The van der Waals surface area contributed by atoms with Crippen molar-refractivity contribution < 1.29 is 19.6 Å². The molecule has 9 heteroatoms. The van der Waals surface area contributed by atoms with Gasteiger partial charge in [-0.25, -0.2) is 4.98 Å². The molecule has 37 heavy (non-hydrogen) atoms. The summed E-state index contributed by atoms with van der Waals surface area (Å²) in [5, 5.41) is 33.1. The lowest BCUT2D eigenvalue weighted by atomic mass is 10.0. The van der Waals surface area contributed by atoms with Gasteiger partial charge in [0.1, 0.15) is 11.3 Å². The highest BCUT2D eigenvalue weighted by molar-refractivity contribution is 6.31. The zero-order chi connectivity index (χ0) is 26.1. The van der Waals surface area contributed by atoms with Gasteiger partial charge in [0.2, 0.25) is 11.6 Å². The maximum atomic E-state index is 11.6. The Balaban J connectivity index is 1.51. The highest BCUT2D eigenvalue weighted by atomic mass is 35.5. The van der Waals surface area contributed by atoms with Gasteiger partial charge < -0.3 is 14.6 Å². The van der Waals surface area contributed by atoms with Crippen LogP contribution < -0.4 is 0 Å². The topological polar surface area (TPSA) is 122 Å². The minimum Gasteiger partial charge on any atom is -0.507 e. The molecule has 0 saturated carbocycles. The molecular formula is C28H20ClN3O5. The number of halogens is 1. The minimum atomic E-state index is -0.642. The third-order valence-corrected chi connectivity index (χ3v) is 6.20. The van der Waals surface area contributed by atoms with E-state index in [0.29, 0.717) is 39.4 Å². The van der Waals surface area contributed by atoms with E-state index in [4.69, 9.17) is 16.0 Å². The zero-order valence-electron chi connectivity index (χ0n) is 19.6. The summed E-state index contributed by atoms with van der Waals surface area (Å²) in [6.07, 6.45) is 1.67. The summed E-state index contributed by atoms with van der Waals surface area (Å²) in [4.78, 5) is 19.8. The average molecular weight is 514 g/mol. The molecule has 1 aromatic heterocycles. The Kier molecular flexibility index (Phi) is 6.33. The van der Waals surface area contributed by atoms with Crippen LogP contribution in [-0.2, 0) is 6.42 Å². The number of aromatic nitrogens is 1. The number of aliphatic imine (C=N–C) groups is 1. The van der Waals surface area contributed by atoms with Crippen LogP contribution in [-0.4, -0.2) is 26.3 Å². The molecule has 5 aromatic rings. The first-order valence-electron chi connectivity index (χ1n) is 11.3. The summed E-state index contributed by atoms with van der Waals surface area (Å²) in [7, 11) is 0. The lowest BCUT2D eigenvalue weighted by Gasteiger charge is -2.08. The maximum Gasteiger partial charge on any atom is 0.311 e. The molecule has 0 bridgehead atoms. The summed E-state index contributed by atoms with van der Waals surface area (Å²) in [5.74, 6) is -0.303. The number of nitro groups is 1. The van der Waals surface area contributed by atoms with E-state index in [1.165, 1.54) is 18.3 Å². The third-order valence-electron chi connectivity index (χ3n) is 5.83. The minimum absolute atomic E-state index is 0.0394. The number of phenols is 2. The highest BCUT2D eigenvalue weighted by Crippen LogP contribution is 2.35. The fourth-order valence-corrected chi connectivity index (χ4v) is 4.18. The molecule has 0 spiro atoms. The first kappa shape index (κ1) is 24.0. The van der Waals surface area contributed by atoms with Gasteiger partial charge in [-0.15, -0.1) is 0 Å². The second-order valence-corrected chi connectivity index (χ2v) is 8.94. The van der Waals surface area contributed by atoms with E-state index >= 15 is 0 Å². The number of nitrogens with zero attached hydrogens (tertiary/aromatic N) is 3. The number of fused-ring (bicyclic) bond motifs is 1. The summed E-state index contributed by atoms with van der Waals surface area (Å²) < 4.78 is 5.80. The van der Waals surface area contributed by atoms with Crippen molar-refractivity contribution in [3.05, 3.63) is 110 Å². The van der Waals surface area contributed by atoms with E-state index < -0.39 is 16.4 Å². The van der Waals surface area contributed by atoms with Crippen LogP contribution in [0.2, 0.25) is 5.02 Å². The first-order valence-corrected chi connectivity index (χ1v) is 11.6. The Morgan fingerprint density at radius 2 is 1.89 bits per heavy atom. The van der Waals surface area contributed by atoms with Crippen molar-refractivity contribution in [3.63, 3.8) is 0 Å². The van der Waals surface area contributed by atoms with Crippen LogP contribution in [0.15, 0.2) is 82.2 Å². The molecule has 0 unspecified atom stereocenters. The van der Waals surface area contributed by atoms with E-state index in [2.05, 4.69) is 9.98 Å². The number of hydrogen-bond donors (Lipinski definition) is 2. The Hall–Kier alpha value is -4.69. The van der Waals surface area contributed by atoms with E-state index in [1.807, 2.05) is 37.3 Å². The Morgan fingerprint density at radius 1 is 1.08 bits per heavy atom. The van der Waals surface area contributed by atoms with Crippen LogP contribution in [0.4, 0.5) is 11.4 Å². The number of hydrogen-bond acceptors (Lipinski definition) is 7. The predicted octanol–water partition coefficient (Wildman–Crippen LogP) is 7.12. The SMILES string of the molecule is Cc1ccc2oc(-c3cc(N=Cc4cc(Cc5ccccc5Cl)cc([N+](=O)[O-])c4O)ccc3O)nc2c1. The molecule has 0 aliphatic heterocycles. The van der Waals surface area contributed by atoms with Gasteiger partial charge in [0, 0.05) is 22.9 Å². The van der Waals surface area contributed by atoms with Gasteiger partial charge in [0.25, 0.3) is 0 Å². The summed E-state index contributed by atoms with van der Waals surface area (Å²) >= 11 is 6.26. The van der Waals surface area contributed by atoms with Crippen LogP contribution in [0.3, 0.4) is 0 Å². The predicted molar refractivity (Wildman–Crippen MR) is 142 cm³/mol. The lowest BCUT2D eigenvalue weighted by molar-refractivity contribution is -0.385. The molecule has 184 valence electrons. The fraction of sp³-hybridized carbons (Fsp3) is 0.0714. The van der Waals surface area contributed by atoms with E-state index in [-0.39, 0.29) is 17.2 Å². The second kappa shape index (κ2) is 9.75. The molecule has 0 amide bonds. The molecule has 1 heterocycles. The molecule has 8 nitrogen and oxygen atoms in total. The van der Waals surface area contributed by atoms with E-state index in [0.717, 1.165) is 11.1 Å². The number of aromatic hydroxyl groups is 2. The van der Waals surface area contributed by atoms with Crippen molar-refractivity contribution in [2.75, 3.05) is 0 Å². The lowest BCUT2D eigenvalue weighted by Crippen LogP contribution is -1.97. The van der Waals surface area contributed by atoms with Gasteiger partial charge in [0.05, 0.1) is 16.2 Å². The fourth-order valence-electron chi connectivity index (χ4n) is 3.98. The monoisotopic (exact) mass is 513 g/mol. The normalized spacial score (nSPS) is 11.4. The Morgan fingerprint density at radius 3 is 2.68 bits per heavy atom. The van der Waals surface area contributed by atoms with Crippen molar-refractivity contribution in [2.45, 2.75) is 13.3 Å². The summed E-state index contributed by atoms with van der Waals surface area (Å²) in [6, 6.07) is 20.4. The molecule has 0 saturated heterocycles. The Bertz CT molecular complexity index is 1690. The van der Waals surface area contributed by atoms with Crippen molar-refractivity contribution >= 4 is 40.3 Å². The van der Waals surface area contributed by atoms with Gasteiger partial charge in [0.15, 0.2) is 5.58 Å². The maximum absolute atomic E-state index is 11.6. The van der Waals surface area contributed by atoms with E-state index in [1.54, 1.807) is 30.3 Å². The van der Waals surface area contributed by atoms with Crippen molar-refractivity contribution in [1.29, 1.82) is 0 Å². The standard InChI is InChI=1S/C28H20ClN3O5/c1-16-6-9-26-23(10-16)31-28(37-26)21-14-20(7-8-25(21)33)30-15-19-12-17(13-24(27(19)34)32(35)36)11-18-4-2-3-5-22(18)29/h2-10,12-15,33-34H,11H2,1H3. The molecule has 5 rings (SSSR count). The zero-order valence-corrected chi connectivity index (χ0v) is 20.3. The average Bonchev–Trinajstić information content (AvgIpc) is 3.29. The first-order chi connectivity index (χ1) is 17.8. The number of benzene rings is 4. The van der Waals surface area contributed by atoms with Crippen molar-refractivity contribution in [3.8, 4) is 23.0 Å². The van der Waals surface area contributed by atoms with Gasteiger partial charge >= 0.3 is 5.69 Å². The molecule has 4 aromatic carbocycles. The largest absolute Gasteiger partial charge is 0.507 e. The molecular weight excluding hydrogens is 494 g/mol. The molecule has 0 aliphatic rings. The number of rotatable bonds is 6. The van der Waals surface area contributed by atoms with Gasteiger partial charge in [-0.1, -0.05) is 35.9 Å². The van der Waals surface area contributed by atoms with Crippen LogP contribution >= 0.6 is 11.6 Å². The third kappa shape index (κ3) is 5.00. The van der Waals surface area contributed by atoms with Crippen LogP contribution in [0.25, 0.3) is 22.6 Å². The second-order valence-electron chi connectivity index (χ2n) is 8.53. The summed E-state index contributed by atoms with van der Waals surface area (Å²) in [6.45, 7) is 1.95. The molecule has 2 N–H and O–H groups in total. The molecule has 0 radical (unpaired) electrons. The number of phenolic OH excluding ortho intramolecular Hbond substituents is 2. The van der Waals surface area contributed by atoms with Crippen LogP contribution in [0.1, 0.15) is 22.3 Å². The highest BCUT2D eigenvalue weighted by Gasteiger charge is 2.19. The summed E-state index contributed by atoms with van der Waals surface area (Å²) in [5.41, 5.74) is 4.16. The number of aryl methyl sites for hydroxylation is 1. The molecule has 0 atom stereocenters.